The van der Waals surface area contributed by atoms with E-state index in [1.54, 1.807) is 0 Å². The monoisotopic (exact) mass is 512 g/mol. The molecule has 0 saturated heterocycles. The highest BCUT2D eigenvalue weighted by atomic mass is 28.4. The zero-order valence-electron chi connectivity index (χ0n) is 21.3. The molecule has 0 aliphatic heterocycles. The van der Waals surface area contributed by atoms with Crippen LogP contribution in [0.1, 0.15) is 22.3 Å². The Labute approximate surface area is 222 Å². The lowest BCUT2D eigenvalue weighted by Crippen LogP contribution is -2.51. The van der Waals surface area contributed by atoms with Crippen molar-refractivity contribution in [3.63, 3.8) is 0 Å². The molecule has 192 valence electrons. The van der Waals surface area contributed by atoms with Crippen LogP contribution in [0.15, 0.2) is 121 Å². The lowest BCUT2D eigenvalue weighted by molar-refractivity contribution is -0.0328. The zero-order valence-corrected chi connectivity index (χ0v) is 22.3. The van der Waals surface area contributed by atoms with Crippen LogP contribution < -0.4 is 0 Å². The summed E-state index contributed by atoms with van der Waals surface area (Å²) < 4.78 is 25.7. The Morgan fingerprint density at radius 3 is 0.757 bits per heavy atom. The molecule has 5 heteroatoms. The van der Waals surface area contributed by atoms with Crippen LogP contribution in [-0.4, -0.2) is 35.5 Å². The van der Waals surface area contributed by atoms with E-state index in [4.69, 9.17) is 17.7 Å². The minimum absolute atomic E-state index is 0.470. The normalized spacial score (nSPS) is 11.5. The molecule has 37 heavy (non-hydrogen) atoms. The molecule has 0 amide bonds. The van der Waals surface area contributed by atoms with Crippen molar-refractivity contribution in [1.29, 1.82) is 0 Å². The lowest BCUT2D eigenvalue weighted by Gasteiger charge is -2.28. The van der Waals surface area contributed by atoms with Crippen molar-refractivity contribution in [2.24, 2.45) is 0 Å². The van der Waals surface area contributed by atoms with Gasteiger partial charge in [0.2, 0.25) is 0 Å². The van der Waals surface area contributed by atoms with Gasteiger partial charge in [-0.1, -0.05) is 121 Å². The number of hydrogen-bond acceptors (Lipinski definition) is 4. The minimum atomic E-state index is -3.41. The van der Waals surface area contributed by atoms with E-state index < -0.39 is 9.05 Å². The molecule has 4 aromatic rings. The quantitative estimate of drug-likeness (QED) is 0.162. The van der Waals surface area contributed by atoms with E-state index >= 15 is 0 Å². The minimum Gasteiger partial charge on any atom is -0.351 e. The Kier molecular flexibility index (Phi) is 11.1. The van der Waals surface area contributed by atoms with Gasteiger partial charge in [0.25, 0.3) is 0 Å². The van der Waals surface area contributed by atoms with Crippen LogP contribution in [-0.2, 0) is 43.4 Å². The zero-order chi connectivity index (χ0) is 25.4. The van der Waals surface area contributed by atoms with Gasteiger partial charge in [0, 0.05) is 26.4 Å². The number of rotatable bonds is 16. The largest absolute Gasteiger partial charge is 0.679 e. The third kappa shape index (κ3) is 9.72. The summed E-state index contributed by atoms with van der Waals surface area (Å²) in [4.78, 5) is 0. The molecule has 4 nitrogen and oxygen atoms in total. The molecular formula is C32H36O4Si. The standard InChI is InChI=1S/C32H36O4Si/c1-5-13-29(14-6-1)21-25-33-37(34-26-22-30-15-7-2-8-16-30,35-27-23-31-17-9-3-10-18-31)36-28-24-32-19-11-4-12-20-32/h1-20H,21-28H2. The van der Waals surface area contributed by atoms with Gasteiger partial charge in [-0.25, -0.2) is 0 Å². The second-order valence-corrected chi connectivity index (χ2v) is 11.0. The van der Waals surface area contributed by atoms with E-state index in [0.29, 0.717) is 26.4 Å². The Morgan fingerprint density at radius 2 is 0.541 bits per heavy atom. The maximum atomic E-state index is 6.42. The van der Waals surface area contributed by atoms with Crippen molar-refractivity contribution in [3.8, 4) is 0 Å². The summed E-state index contributed by atoms with van der Waals surface area (Å²) in [6.45, 7) is 1.88. The van der Waals surface area contributed by atoms with Crippen molar-refractivity contribution in [3.05, 3.63) is 144 Å². The molecule has 0 aliphatic rings. The van der Waals surface area contributed by atoms with Gasteiger partial charge < -0.3 is 17.7 Å². The maximum Gasteiger partial charge on any atom is 0.679 e. The highest BCUT2D eigenvalue weighted by molar-refractivity contribution is 6.53. The molecule has 4 rings (SSSR count). The smallest absolute Gasteiger partial charge is 0.351 e. The highest BCUT2D eigenvalue weighted by Gasteiger charge is 2.45. The summed E-state index contributed by atoms with van der Waals surface area (Å²) in [5, 5.41) is 0. The van der Waals surface area contributed by atoms with E-state index in [-0.39, 0.29) is 0 Å². The Hall–Kier alpha value is -3.06. The summed E-state index contributed by atoms with van der Waals surface area (Å²) in [7, 11) is -3.41. The average molecular weight is 513 g/mol. The summed E-state index contributed by atoms with van der Waals surface area (Å²) in [5.74, 6) is 0. The van der Waals surface area contributed by atoms with Gasteiger partial charge in [0.15, 0.2) is 0 Å². The van der Waals surface area contributed by atoms with Gasteiger partial charge in [-0.15, -0.1) is 0 Å². The molecule has 0 fully saturated rings. The molecular weight excluding hydrogens is 476 g/mol. The van der Waals surface area contributed by atoms with Gasteiger partial charge in [0.05, 0.1) is 0 Å². The van der Waals surface area contributed by atoms with Gasteiger partial charge in [0.1, 0.15) is 0 Å². The van der Waals surface area contributed by atoms with E-state index in [2.05, 4.69) is 48.5 Å². The van der Waals surface area contributed by atoms with Crippen LogP contribution in [0.2, 0.25) is 0 Å². The van der Waals surface area contributed by atoms with Crippen LogP contribution >= 0.6 is 0 Å². The molecule has 0 radical (unpaired) electrons. The fourth-order valence-corrected chi connectivity index (χ4v) is 5.91. The first-order valence-corrected chi connectivity index (χ1v) is 14.7. The Morgan fingerprint density at radius 1 is 0.324 bits per heavy atom. The Bertz CT molecular complexity index is 937. The fraction of sp³-hybridized carbons (Fsp3) is 0.250. The van der Waals surface area contributed by atoms with Gasteiger partial charge in [-0.05, 0) is 47.9 Å². The molecule has 0 bridgehead atoms. The SMILES string of the molecule is c1ccc(CCO[Si](OCCc2ccccc2)(OCCc2ccccc2)OCCc2ccccc2)cc1. The molecule has 0 spiro atoms. The summed E-state index contributed by atoms with van der Waals surface area (Å²) >= 11 is 0. The third-order valence-electron chi connectivity index (χ3n) is 6.05. The molecule has 0 heterocycles. The molecule has 4 aromatic carbocycles. The topological polar surface area (TPSA) is 36.9 Å². The van der Waals surface area contributed by atoms with Crippen LogP contribution in [0, 0.1) is 0 Å². The first-order valence-electron chi connectivity index (χ1n) is 13.0. The Balaban J connectivity index is 1.44. The van der Waals surface area contributed by atoms with Gasteiger partial charge >= 0.3 is 9.05 Å². The highest BCUT2D eigenvalue weighted by Crippen LogP contribution is 2.17. The third-order valence-corrected chi connectivity index (χ3v) is 8.28. The summed E-state index contributed by atoms with van der Waals surface area (Å²) in [5.41, 5.74) is 4.85. The first kappa shape index (κ1) is 27.0. The van der Waals surface area contributed by atoms with E-state index in [0.717, 1.165) is 25.7 Å². The predicted molar refractivity (Wildman–Crippen MR) is 150 cm³/mol. The molecule has 0 saturated carbocycles. The molecule has 0 atom stereocenters. The van der Waals surface area contributed by atoms with Gasteiger partial charge in [-0.3, -0.25) is 0 Å². The number of hydrogen-bond donors (Lipinski definition) is 0. The van der Waals surface area contributed by atoms with Crippen molar-refractivity contribution in [2.45, 2.75) is 25.7 Å². The second kappa shape index (κ2) is 15.2. The second-order valence-electron chi connectivity index (χ2n) is 8.84. The van der Waals surface area contributed by atoms with Gasteiger partial charge in [-0.2, -0.15) is 0 Å². The van der Waals surface area contributed by atoms with Crippen molar-refractivity contribution in [2.75, 3.05) is 26.4 Å². The fourth-order valence-electron chi connectivity index (χ4n) is 4.00. The maximum absolute atomic E-state index is 6.42. The van der Waals surface area contributed by atoms with E-state index in [1.807, 2.05) is 72.8 Å². The molecule has 0 unspecified atom stereocenters. The van der Waals surface area contributed by atoms with Crippen LogP contribution in [0.4, 0.5) is 0 Å². The lowest BCUT2D eigenvalue weighted by atomic mass is 10.2. The van der Waals surface area contributed by atoms with Crippen molar-refractivity contribution in [1.82, 2.24) is 0 Å². The van der Waals surface area contributed by atoms with E-state index in [1.165, 1.54) is 22.3 Å². The molecule has 0 aromatic heterocycles. The number of benzene rings is 4. The summed E-state index contributed by atoms with van der Waals surface area (Å²) in [6.07, 6.45) is 3.06. The van der Waals surface area contributed by atoms with Crippen LogP contribution in [0.5, 0.6) is 0 Å². The first-order chi connectivity index (χ1) is 18.3. The predicted octanol–water partition coefficient (Wildman–Crippen LogP) is 6.46. The molecule has 0 N–H and O–H groups in total. The van der Waals surface area contributed by atoms with Crippen LogP contribution in [0.25, 0.3) is 0 Å². The van der Waals surface area contributed by atoms with Crippen molar-refractivity contribution < 1.29 is 17.7 Å². The average Bonchev–Trinajstić information content (AvgIpc) is 2.95. The van der Waals surface area contributed by atoms with Crippen molar-refractivity contribution >= 4 is 9.05 Å². The van der Waals surface area contributed by atoms with Crippen LogP contribution in [0.3, 0.4) is 0 Å². The van der Waals surface area contributed by atoms with E-state index in [9.17, 15) is 0 Å². The molecule has 0 aliphatic carbocycles. The summed E-state index contributed by atoms with van der Waals surface area (Å²) in [6, 6.07) is 41.3.